The van der Waals surface area contributed by atoms with E-state index in [1.54, 1.807) is 17.1 Å². The van der Waals surface area contributed by atoms with Crippen molar-refractivity contribution in [1.82, 2.24) is 24.7 Å². The summed E-state index contributed by atoms with van der Waals surface area (Å²) in [5.41, 5.74) is 7.20. The molecule has 0 unspecified atom stereocenters. The van der Waals surface area contributed by atoms with E-state index >= 15 is 0 Å². The van der Waals surface area contributed by atoms with Gasteiger partial charge in [-0.15, -0.1) is 0 Å². The molecule has 0 spiro atoms. The molecule has 1 saturated carbocycles. The Morgan fingerprint density at radius 2 is 2.10 bits per heavy atom. The molecule has 1 fully saturated rings. The van der Waals surface area contributed by atoms with Crippen molar-refractivity contribution in [2.24, 2.45) is 11.7 Å². The number of hydrogen-bond acceptors (Lipinski definition) is 7. The summed E-state index contributed by atoms with van der Waals surface area (Å²) in [7, 11) is 1.48. The molecule has 30 heavy (non-hydrogen) atoms. The molecule has 0 bridgehead atoms. The predicted molar refractivity (Wildman–Crippen MR) is 108 cm³/mol. The SMILES string of the molecule is COc1nc(-c2cnn([C@H](CC(N)=O)C3CCCC3)c2)c2c(OC(C)=O)c[nH]c2n1. The van der Waals surface area contributed by atoms with E-state index in [0.717, 1.165) is 25.7 Å². The maximum atomic E-state index is 11.7. The van der Waals surface area contributed by atoms with Gasteiger partial charge in [-0.2, -0.15) is 15.1 Å². The lowest BCUT2D eigenvalue weighted by Crippen LogP contribution is -2.24. The molecule has 10 nitrogen and oxygen atoms in total. The average Bonchev–Trinajstić information content (AvgIpc) is 3.46. The van der Waals surface area contributed by atoms with Gasteiger partial charge in [0, 0.05) is 31.3 Å². The van der Waals surface area contributed by atoms with Crippen LogP contribution in [0.25, 0.3) is 22.3 Å². The van der Waals surface area contributed by atoms with Gasteiger partial charge in [0.1, 0.15) is 5.65 Å². The number of ether oxygens (including phenoxy) is 2. The molecule has 1 aliphatic carbocycles. The largest absolute Gasteiger partial charge is 0.467 e. The Hall–Kier alpha value is -3.43. The van der Waals surface area contributed by atoms with E-state index in [1.807, 2.05) is 6.20 Å². The fourth-order valence-corrected chi connectivity index (χ4v) is 4.19. The molecule has 1 amide bonds. The number of nitrogens with zero attached hydrogens (tertiary/aromatic N) is 4. The zero-order valence-corrected chi connectivity index (χ0v) is 16.9. The quantitative estimate of drug-likeness (QED) is 0.568. The zero-order valence-electron chi connectivity index (χ0n) is 16.9. The molecule has 3 aromatic rings. The number of nitrogens with two attached hydrogens (primary N) is 1. The lowest BCUT2D eigenvalue weighted by Gasteiger charge is -2.22. The number of rotatable bonds is 7. The van der Waals surface area contributed by atoms with Crippen molar-refractivity contribution in [1.29, 1.82) is 0 Å². The first-order valence-electron chi connectivity index (χ1n) is 9.90. The summed E-state index contributed by atoms with van der Waals surface area (Å²) in [5, 5.41) is 5.07. The number of fused-ring (bicyclic) bond motifs is 1. The molecule has 0 saturated heterocycles. The Morgan fingerprint density at radius 1 is 1.33 bits per heavy atom. The number of primary amides is 1. The van der Waals surface area contributed by atoms with Crippen LogP contribution in [0.3, 0.4) is 0 Å². The maximum absolute atomic E-state index is 11.7. The second-order valence-electron chi connectivity index (χ2n) is 7.52. The molecule has 0 aliphatic heterocycles. The number of H-pyrrole nitrogens is 1. The van der Waals surface area contributed by atoms with Crippen LogP contribution in [0, 0.1) is 5.92 Å². The average molecular weight is 412 g/mol. The van der Waals surface area contributed by atoms with E-state index in [9.17, 15) is 9.59 Å². The van der Waals surface area contributed by atoms with Gasteiger partial charge >= 0.3 is 12.0 Å². The Balaban J connectivity index is 1.78. The van der Waals surface area contributed by atoms with E-state index in [0.29, 0.717) is 34.0 Å². The fraction of sp³-hybridized carbons (Fsp3) is 0.450. The van der Waals surface area contributed by atoms with Crippen molar-refractivity contribution in [3.8, 4) is 23.0 Å². The van der Waals surface area contributed by atoms with Crippen LogP contribution in [-0.4, -0.2) is 43.7 Å². The van der Waals surface area contributed by atoms with Gasteiger partial charge in [0.05, 0.1) is 30.4 Å². The van der Waals surface area contributed by atoms with E-state index in [2.05, 4.69) is 20.1 Å². The third-order valence-corrected chi connectivity index (χ3v) is 5.48. The van der Waals surface area contributed by atoms with Gasteiger partial charge in [-0.3, -0.25) is 14.3 Å². The Labute approximate surface area is 172 Å². The van der Waals surface area contributed by atoms with E-state index in [1.165, 1.54) is 14.0 Å². The minimum atomic E-state index is -0.448. The minimum Gasteiger partial charge on any atom is -0.467 e. The molecule has 0 radical (unpaired) electrons. The lowest BCUT2D eigenvalue weighted by atomic mass is 9.95. The highest BCUT2D eigenvalue weighted by Gasteiger charge is 2.29. The van der Waals surface area contributed by atoms with E-state index < -0.39 is 5.97 Å². The highest BCUT2D eigenvalue weighted by molar-refractivity contribution is 5.97. The third-order valence-electron chi connectivity index (χ3n) is 5.48. The first-order valence-corrected chi connectivity index (χ1v) is 9.90. The van der Waals surface area contributed by atoms with Gasteiger partial charge in [-0.1, -0.05) is 12.8 Å². The molecule has 3 aromatic heterocycles. The topological polar surface area (TPSA) is 138 Å². The lowest BCUT2D eigenvalue weighted by molar-refractivity contribution is -0.131. The third kappa shape index (κ3) is 3.85. The Bertz CT molecular complexity index is 1080. The van der Waals surface area contributed by atoms with Gasteiger partial charge < -0.3 is 20.2 Å². The van der Waals surface area contributed by atoms with Crippen molar-refractivity contribution in [2.75, 3.05) is 7.11 Å². The van der Waals surface area contributed by atoms with Crippen LogP contribution in [0.4, 0.5) is 0 Å². The van der Waals surface area contributed by atoms with Gasteiger partial charge in [0.15, 0.2) is 5.75 Å². The van der Waals surface area contributed by atoms with E-state index in [4.69, 9.17) is 15.2 Å². The predicted octanol–water partition coefficient (Wildman–Crippen LogP) is 2.36. The first kappa shape index (κ1) is 19.9. The molecule has 3 heterocycles. The van der Waals surface area contributed by atoms with Gasteiger partial charge in [0.25, 0.3) is 0 Å². The Kier molecular flexibility index (Phi) is 5.39. The molecular formula is C20H24N6O4. The smallest absolute Gasteiger partial charge is 0.318 e. The van der Waals surface area contributed by atoms with Crippen LogP contribution in [0.5, 0.6) is 11.8 Å². The number of aromatic amines is 1. The molecule has 10 heteroatoms. The summed E-state index contributed by atoms with van der Waals surface area (Å²) in [5.74, 6) is -0.115. The van der Waals surface area contributed by atoms with Crippen LogP contribution >= 0.6 is 0 Å². The van der Waals surface area contributed by atoms with Crippen molar-refractivity contribution >= 4 is 22.9 Å². The van der Waals surface area contributed by atoms with Crippen LogP contribution in [0.2, 0.25) is 0 Å². The van der Waals surface area contributed by atoms with Crippen LogP contribution in [-0.2, 0) is 9.59 Å². The van der Waals surface area contributed by atoms with Gasteiger partial charge in [-0.05, 0) is 18.8 Å². The molecular weight excluding hydrogens is 388 g/mol. The zero-order chi connectivity index (χ0) is 21.3. The second kappa shape index (κ2) is 8.13. The van der Waals surface area contributed by atoms with Gasteiger partial charge in [0.2, 0.25) is 5.91 Å². The Morgan fingerprint density at radius 3 is 2.77 bits per heavy atom. The highest BCUT2D eigenvalue weighted by Crippen LogP contribution is 2.38. The molecule has 1 atom stereocenters. The van der Waals surface area contributed by atoms with Crippen molar-refractivity contribution < 1.29 is 19.1 Å². The summed E-state index contributed by atoms with van der Waals surface area (Å²) in [6.07, 6.45) is 9.70. The van der Waals surface area contributed by atoms with Crippen molar-refractivity contribution in [3.63, 3.8) is 0 Å². The van der Waals surface area contributed by atoms with Crippen LogP contribution < -0.4 is 15.2 Å². The van der Waals surface area contributed by atoms with Crippen LogP contribution in [0.1, 0.15) is 45.1 Å². The molecule has 0 aromatic carbocycles. The molecule has 3 N–H and O–H groups in total. The summed E-state index contributed by atoms with van der Waals surface area (Å²) < 4.78 is 12.3. The van der Waals surface area contributed by atoms with Crippen molar-refractivity contribution in [3.05, 3.63) is 18.6 Å². The highest BCUT2D eigenvalue weighted by atomic mass is 16.5. The maximum Gasteiger partial charge on any atom is 0.318 e. The van der Waals surface area contributed by atoms with Gasteiger partial charge in [-0.25, -0.2) is 0 Å². The summed E-state index contributed by atoms with van der Waals surface area (Å²) in [6, 6.07) is 0.0723. The molecule has 158 valence electrons. The number of amides is 1. The number of carbonyl (C=O) groups is 2. The van der Waals surface area contributed by atoms with Crippen LogP contribution in [0.15, 0.2) is 18.6 Å². The van der Waals surface area contributed by atoms with E-state index in [-0.39, 0.29) is 24.4 Å². The second-order valence-corrected chi connectivity index (χ2v) is 7.52. The number of carbonyl (C=O) groups excluding carboxylic acids is 2. The standard InChI is InChI=1S/C20H24N6O4/c1-11(27)30-15-9-22-19-17(15)18(24-20(25-19)29-2)13-8-23-26(10-13)14(7-16(21)28)12-5-3-4-6-12/h8-10,12,14H,3-7H2,1-2H3,(H2,21,28)(H,22,24,25)/t14-/m1/s1. The minimum absolute atomic E-state index is 0.0999. The first-order chi connectivity index (χ1) is 14.5. The summed E-state index contributed by atoms with van der Waals surface area (Å²) in [4.78, 5) is 34.9. The summed E-state index contributed by atoms with van der Waals surface area (Å²) >= 11 is 0. The number of methoxy groups -OCH3 is 1. The number of hydrogen-bond donors (Lipinski definition) is 2. The summed E-state index contributed by atoms with van der Waals surface area (Å²) in [6.45, 7) is 1.33. The molecule has 4 rings (SSSR count). The number of esters is 1. The normalized spacial score (nSPS) is 15.4. The number of aromatic nitrogens is 5. The fourth-order valence-electron chi connectivity index (χ4n) is 4.19. The van der Waals surface area contributed by atoms with Crippen molar-refractivity contribution in [2.45, 2.75) is 45.1 Å². The molecule has 1 aliphatic rings. The monoisotopic (exact) mass is 412 g/mol. The number of nitrogens with one attached hydrogen (secondary N) is 1.